The standard InChI is InChI=1S/C21H25BrO/c1-21(2,3)18-12-16-7-5-14-9-15(11-19(22)10-14)6-8-17(13-18)20(16)23-4/h9-13H,5-8H2,1-4H3. The summed E-state index contributed by atoms with van der Waals surface area (Å²) in [6.45, 7) is 6.86. The van der Waals surface area contributed by atoms with Crippen LogP contribution < -0.4 is 4.74 Å². The van der Waals surface area contributed by atoms with Gasteiger partial charge < -0.3 is 4.74 Å². The van der Waals surface area contributed by atoms with Crippen LogP contribution in [-0.4, -0.2) is 7.11 Å². The van der Waals surface area contributed by atoms with E-state index in [1.54, 1.807) is 7.11 Å². The predicted octanol–water partition coefficient (Wildman–Crippen LogP) is 5.64. The van der Waals surface area contributed by atoms with Crippen LogP contribution in [0.4, 0.5) is 0 Å². The summed E-state index contributed by atoms with van der Waals surface area (Å²) in [5.41, 5.74) is 7.07. The molecule has 0 aliphatic heterocycles. The highest BCUT2D eigenvalue weighted by molar-refractivity contribution is 9.10. The van der Waals surface area contributed by atoms with Gasteiger partial charge in [0.05, 0.1) is 7.11 Å². The molecule has 0 spiro atoms. The zero-order chi connectivity index (χ0) is 16.6. The largest absolute Gasteiger partial charge is 0.496 e. The first-order valence-electron chi connectivity index (χ1n) is 8.35. The fourth-order valence-electron chi connectivity index (χ4n) is 3.39. The molecule has 0 fully saturated rings. The molecule has 0 unspecified atom stereocenters. The van der Waals surface area contributed by atoms with Crippen LogP contribution in [0.1, 0.15) is 48.6 Å². The minimum absolute atomic E-state index is 0.164. The smallest absolute Gasteiger partial charge is 0.125 e. The third kappa shape index (κ3) is 3.63. The summed E-state index contributed by atoms with van der Waals surface area (Å²) in [5.74, 6) is 1.10. The van der Waals surface area contributed by atoms with Gasteiger partial charge in [0, 0.05) is 4.47 Å². The lowest BCUT2D eigenvalue weighted by Gasteiger charge is -2.24. The van der Waals surface area contributed by atoms with E-state index in [-0.39, 0.29) is 5.41 Å². The Morgan fingerprint density at radius 1 is 0.826 bits per heavy atom. The molecule has 1 aliphatic rings. The lowest BCUT2D eigenvalue weighted by Crippen LogP contribution is -2.14. The van der Waals surface area contributed by atoms with E-state index in [0.29, 0.717) is 0 Å². The zero-order valence-electron chi connectivity index (χ0n) is 14.5. The van der Waals surface area contributed by atoms with Crippen LogP contribution in [0, 0.1) is 0 Å². The second-order valence-corrected chi connectivity index (χ2v) is 8.46. The summed E-state index contributed by atoms with van der Waals surface area (Å²) in [4.78, 5) is 0. The predicted molar refractivity (Wildman–Crippen MR) is 101 cm³/mol. The highest BCUT2D eigenvalue weighted by Gasteiger charge is 2.20. The molecule has 2 aromatic carbocycles. The lowest BCUT2D eigenvalue weighted by molar-refractivity contribution is 0.403. The van der Waals surface area contributed by atoms with Gasteiger partial charge in [0.1, 0.15) is 5.75 Å². The maximum absolute atomic E-state index is 5.80. The maximum Gasteiger partial charge on any atom is 0.125 e. The summed E-state index contributed by atoms with van der Waals surface area (Å²) in [6.07, 6.45) is 4.15. The van der Waals surface area contributed by atoms with Gasteiger partial charge in [0.25, 0.3) is 0 Å². The number of rotatable bonds is 1. The van der Waals surface area contributed by atoms with Crippen molar-refractivity contribution in [3.05, 3.63) is 62.6 Å². The number of fused-ring (bicyclic) bond motifs is 4. The Morgan fingerprint density at radius 2 is 1.35 bits per heavy atom. The van der Waals surface area contributed by atoms with Crippen molar-refractivity contribution in [2.45, 2.75) is 51.9 Å². The quantitative estimate of drug-likeness (QED) is 0.629. The average molecular weight is 373 g/mol. The van der Waals surface area contributed by atoms with Crippen molar-refractivity contribution in [1.82, 2.24) is 0 Å². The molecule has 0 amide bonds. The van der Waals surface area contributed by atoms with Gasteiger partial charge in [-0.25, -0.2) is 0 Å². The lowest BCUT2D eigenvalue weighted by atomic mass is 9.82. The van der Waals surface area contributed by atoms with Crippen LogP contribution in [-0.2, 0) is 31.1 Å². The molecule has 23 heavy (non-hydrogen) atoms. The highest BCUT2D eigenvalue weighted by Crippen LogP contribution is 2.34. The molecule has 2 heteroatoms. The molecule has 1 aliphatic carbocycles. The van der Waals surface area contributed by atoms with Crippen LogP contribution in [0.5, 0.6) is 5.75 Å². The Labute approximate surface area is 148 Å². The van der Waals surface area contributed by atoms with Gasteiger partial charge in [-0.3, -0.25) is 0 Å². The van der Waals surface area contributed by atoms with E-state index in [2.05, 4.69) is 67.0 Å². The fourth-order valence-corrected chi connectivity index (χ4v) is 3.97. The third-order valence-corrected chi connectivity index (χ3v) is 5.15. The van der Waals surface area contributed by atoms with Crippen molar-refractivity contribution in [3.63, 3.8) is 0 Å². The van der Waals surface area contributed by atoms with Gasteiger partial charge in [0.15, 0.2) is 0 Å². The molecule has 0 radical (unpaired) electrons. The van der Waals surface area contributed by atoms with E-state index in [4.69, 9.17) is 4.74 Å². The number of ether oxygens (including phenoxy) is 1. The van der Waals surface area contributed by atoms with E-state index in [1.807, 2.05) is 0 Å². The molecule has 0 N–H and O–H groups in total. The average Bonchev–Trinajstić information content (AvgIpc) is 2.48. The topological polar surface area (TPSA) is 9.23 Å². The molecule has 0 saturated carbocycles. The first-order chi connectivity index (χ1) is 10.9. The molecule has 2 aromatic rings. The third-order valence-electron chi connectivity index (χ3n) is 4.70. The SMILES string of the molecule is COc1c2cc(C(C)(C)C)cc1CCc1cc(Br)cc(c1)CC2. The van der Waals surface area contributed by atoms with E-state index in [0.717, 1.165) is 31.4 Å². The van der Waals surface area contributed by atoms with Crippen molar-refractivity contribution in [3.8, 4) is 5.75 Å². The normalized spacial score (nSPS) is 14.5. The summed E-state index contributed by atoms with van der Waals surface area (Å²) in [5, 5.41) is 0. The molecule has 0 saturated heterocycles. The first kappa shape index (κ1) is 16.6. The maximum atomic E-state index is 5.80. The van der Waals surface area contributed by atoms with Gasteiger partial charge in [-0.05, 0) is 71.0 Å². The van der Waals surface area contributed by atoms with Crippen LogP contribution in [0.3, 0.4) is 0 Å². The Morgan fingerprint density at radius 3 is 1.78 bits per heavy atom. The Kier molecular flexibility index (Phi) is 4.55. The van der Waals surface area contributed by atoms with Crippen LogP contribution in [0.15, 0.2) is 34.8 Å². The van der Waals surface area contributed by atoms with E-state index < -0.39 is 0 Å². The van der Waals surface area contributed by atoms with Crippen LogP contribution in [0.25, 0.3) is 0 Å². The van der Waals surface area contributed by atoms with E-state index in [9.17, 15) is 0 Å². The minimum Gasteiger partial charge on any atom is -0.496 e. The summed E-state index contributed by atoms with van der Waals surface area (Å²) >= 11 is 3.65. The number of methoxy groups -OCH3 is 1. The van der Waals surface area contributed by atoms with E-state index >= 15 is 0 Å². The Balaban J connectivity index is 2.10. The van der Waals surface area contributed by atoms with Gasteiger partial charge in [-0.2, -0.15) is 0 Å². The Hall–Kier alpha value is -1.28. The summed E-state index contributed by atoms with van der Waals surface area (Å²) < 4.78 is 6.99. The highest BCUT2D eigenvalue weighted by atomic mass is 79.9. The number of aryl methyl sites for hydroxylation is 4. The second kappa shape index (κ2) is 6.32. The number of halogens is 1. The van der Waals surface area contributed by atoms with Gasteiger partial charge in [0.2, 0.25) is 0 Å². The van der Waals surface area contributed by atoms with Crippen molar-refractivity contribution >= 4 is 15.9 Å². The zero-order valence-corrected chi connectivity index (χ0v) is 16.1. The number of hydrogen-bond donors (Lipinski definition) is 0. The fraction of sp³-hybridized carbons (Fsp3) is 0.429. The van der Waals surface area contributed by atoms with Gasteiger partial charge in [-0.1, -0.05) is 54.9 Å². The molecule has 122 valence electrons. The molecular weight excluding hydrogens is 348 g/mol. The number of hydrogen-bond acceptors (Lipinski definition) is 1. The molecule has 3 rings (SSSR count). The Bertz CT molecular complexity index is 678. The number of benzene rings is 2. The van der Waals surface area contributed by atoms with Crippen LogP contribution >= 0.6 is 15.9 Å². The minimum atomic E-state index is 0.164. The second-order valence-electron chi connectivity index (χ2n) is 7.55. The molecule has 0 heterocycles. The first-order valence-corrected chi connectivity index (χ1v) is 9.15. The van der Waals surface area contributed by atoms with E-state index in [1.165, 1.54) is 32.3 Å². The van der Waals surface area contributed by atoms with Crippen molar-refractivity contribution in [2.24, 2.45) is 0 Å². The van der Waals surface area contributed by atoms with Gasteiger partial charge >= 0.3 is 0 Å². The summed E-state index contributed by atoms with van der Waals surface area (Å²) in [7, 11) is 1.81. The van der Waals surface area contributed by atoms with Gasteiger partial charge in [-0.15, -0.1) is 0 Å². The molecule has 0 atom stereocenters. The van der Waals surface area contributed by atoms with Crippen LogP contribution in [0.2, 0.25) is 0 Å². The van der Waals surface area contributed by atoms with Crippen molar-refractivity contribution < 1.29 is 4.74 Å². The summed E-state index contributed by atoms with van der Waals surface area (Å²) in [6, 6.07) is 11.5. The monoisotopic (exact) mass is 372 g/mol. The molecule has 0 aromatic heterocycles. The van der Waals surface area contributed by atoms with Crippen molar-refractivity contribution in [2.75, 3.05) is 7.11 Å². The molecule has 4 bridgehead atoms. The molecular formula is C21H25BrO. The molecule has 1 nitrogen and oxygen atoms in total. The van der Waals surface area contributed by atoms with Crippen molar-refractivity contribution in [1.29, 1.82) is 0 Å².